The molecule has 0 amide bonds. The van der Waals surface area contributed by atoms with Crippen molar-refractivity contribution >= 4 is 17.7 Å². The van der Waals surface area contributed by atoms with Gasteiger partial charge in [-0.05, 0) is 19.6 Å². The van der Waals surface area contributed by atoms with Crippen LogP contribution in [-0.4, -0.2) is 37.2 Å². The highest BCUT2D eigenvalue weighted by Crippen LogP contribution is 2.01. The molecule has 0 aromatic carbocycles. The average molecular weight is 231 g/mol. The molecule has 0 aliphatic rings. The summed E-state index contributed by atoms with van der Waals surface area (Å²) in [6.07, 6.45) is 1.86. The van der Waals surface area contributed by atoms with Crippen molar-refractivity contribution in [3.63, 3.8) is 0 Å². The summed E-state index contributed by atoms with van der Waals surface area (Å²) in [5.41, 5.74) is 0.653. The van der Waals surface area contributed by atoms with Gasteiger partial charge in [-0.2, -0.15) is 11.8 Å². The number of rotatable bonds is 7. The predicted octanol–water partition coefficient (Wildman–Crippen LogP) is 1.84. The van der Waals surface area contributed by atoms with Gasteiger partial charge in [0.25, 0.3) is 0 Å². The van der Waals surface area contributed by atoms with Gasteiger partial charge in [-0.15, -0.1) is 0 Å². The van der Waals surface area contributed by atoms with Crippen LogP contribution in [0, 0.1) is 0 Å². The van der Waals surface area contributed by atoms with Crippen molar-refractivity contribution < 1.29 is 9.53 Å². The molecule has 1 N–H and O–H groups in total. The Balaban J connectivity index is 3.71. The molecule has 4 heteroatoms. The monoisotopic (exact) mass is 231 g/mol. The second-order valence-electron chi connectivity index (χ2n) is 3.35. The van der Waals surface area contributed by atoms with E-state index in [0.29, 0.717) is 18.2 Å². The SMILES string of the molecule is CCSCC(C)NC/C=C(/C)C(=O)OC. The Morgan fingerprint density at radius 3 is 2.80 bits per heavy atom. The van der Waals surface area contributed by atoms with Crippen LogP contribution in [0.1, 0.15) is 20.8 Å². The van der Waals surface area contributed by atoms with E-state index >= 15 is 0 Å². The minimum atomic E-state index is -0.257. The van der Waals surface area contributed by atoms with Gasteiger partial charge in [-0.25, -0.2) is 4.79 Å². The van der Waals surface area contributed by atoms with Crippen LogP contribution in [0.5, 0.6) is 0 Å². The summed E-state index contributed by atoms with van der Waals surface area (Å²) < 4.78 is 4.60. The third kappa shape index (κ3) is 7.45. The van der Waals surface area contributed by atoms with E-state index in [1.54, 1.807) is 6.92 Å². The van der Waals surface area contributed by atoms with Crippen LogP contribution in [0.2, 0.25) is 0 Å². The first-order valence-electron chi connectivity index (χ1n) is 5.18. The number of nitrogens with one attached hydrogen (secondary N) is 1. The third-order valence-electron chi connectivity index (χ3n) is 1.95. The molecule has 0 heterocycles. The van der Waals surface area contributed by atoms with E-state index in [4.69, 9.17) is 0 Å². The second kappa shape index (κ2) is 8.80. The second-order valence-corrected chi connectivity index (χ2v) is 4.67. The number of carbonyl (C=O) groups excluding carboxylic acids is 1. The molecule has 0 aromatic rings. The van der Waals surface area contributed by atoms with Crippen molar-refractivity contribution in [2.75, 3.05) is 25.2 Å². The van der Waals surface area contributed by atoms with Gasteiger partial charge < -0.3 is 10.1 Å². The van der Waals surface area contributed by atoms with Crippen LogP contribution in [-0.2, 0) is 9.53 Å². The molecule has 1 atom stereocenters. The number of carbonyl (C=O) groups is 1. The first-order valence-corrected chi connectivity index (χ1v) is 6.33. The maximum absolute atomic E-state index is 11.0. The summed E-state index contributed by atoms with van der Waals surface area (Å²) in [7, 11) is 1.40. The molecule has 0 aliphatic heterocycles. The number of methoxy groups -OCH3 is 1. The Bertz CT molecular complexity index is 217. The van der Waals surface area contributed by atoms with E-state index in [-0.39, 0.29) is 5.97 Å². The maximum Gasteiger partial charge on any atom is 0.333 e. The van der Waals surface area contributed by atoms with Gasteiger partial charge in [0.15, 0.2) is 0 Å². The third-order valence-corrected chi connectivity index (χ3v) is 3.10. The molecular formula is C11H21NO2S. The van der Waals surface area contributed by atoms with Gasteiger partial charge in [0.1, 0.15) is 0 Å². The van der Waals surface area contributed by atoms with Crippen molar-refractivity contribution in [1.82, 2.24) is 5.32 Å². The molecule has 0 saturated heterocycles. The summed E-state index contributed by atoms with van der Waals surface area (Å²) in [6, 6.07) is 0.469. The summed E-state index contributed by atoms with van der Waals surface area (Å²) in [4.78, 5) is 11.0. The van der Waals surface area contributed by atoms with Crippen molar-refractivity contribution in [3.8, 4) is 0 Å². The summed E-state index contributed by atoms with van der Waals surface area (Å²) in [6.45, 7) is 6.77. The molecule has 15 heavy (non-hydrogen) atoms. The zero-order valence-corrected chi connectivity index (χ0v) is 10.8. The molecule has 0 fully saturated rings. The Morgan fingerprint density at radius 2 is 2.27 bits per heavy atom. The van der Waals surface area contributed by atoms with Crippen molar-refractivity contribution in [2.24, 2.45) is 0 Å². The molecule has 0 saturated carbocycles. The summed E-state index contributed by atoms with van der Waals surface area (Å²) >= 11 is 1.91. The standard InChI is InChI=1S/C11H21NO2S/c1-5-15-8-10(3)12-7-6-9(2)11(13)14-4/h6,10,12H,5,7-8H2,1-4H3/b9-6-. The number of esters is 1. The normalized spacial score (nSPS) is 13.7. The minimum absolute atomic E-state index is 0.257. The predicted molar refractivity (Wildman–Crippen MR) is 66.2 cm³/mol. The highest BCUT2D eigenvalue weighted by molar-refractivity contribution is 7.99. The van der Waals surface area contributed by atoms with Gasteiger partial charge in [0.05, 0.1) is 7.11 Å². The van der Waals surface area contributed by atoms with Crippen LogP contribution in [0.3, 0.4) is 0 Å². The lowest BCUT2D eigenvalue weighted by Crippen LogP contribution is -2.28. The Labute approximate surface area is 96.6 Å². The molecular weight excluding hydrogens is 210 g/mol. The fraction of sp³-hybridized carbons (Fsp3) is 0.727. The van der Waals surface area contributed by atoms with E-state index in [0.717, 1.165) is 11.5 Å². The average Bonchev–Trinajstić information content (AvgIpc) is 2.24. The molecule has 0 radical (unpaired) electrons. The van der Waals surface area contributed by atoms with Crippen LogP contribution < -0.4 is 5.32 Å². The van der Waals surface area contributed by atoms with Crippen LogP contribution >= 0.6 is 11.8 Å². The molecule has 0 rings (SSSR count). The maximum atomic E-state index is 11.0. The highest BCUT2D eigenvalue weighted by Gasteiger charge is 2.03. The molecule has 1 unspecified atom stereocenters. The quantitative estimate of drug-likeness (QED) is 0.536. The largest absolute Gasteiger partial charge is 0.466 e. The van der Waals surface area contributed by atoms with Crippen LogP contribution in [0.25, 0.3) is 0 Å². The summed E-state index contributed by atoms with van der Waals surface area (Å²) in [5, 5.41) is 3.32. The molecule has 0 aliphatic carbocycles. The van der Waals surface area contributed by atoms with Crippen LogP contribution in [0.4, 0.5) is 0 Å². The molecule has 0 bridgehead atoms. The number of thioether (sulfide) groups is 1. The molecule has 0 spiro atoms. The van der Waals surface area contributed by atoms with Gasteiger partial charge in [-0.3, -0.25) is 0 Å². The fourth-order valence-electron chi connectivity index (χ4n) is 1.01. The molecule has 88 valence electrons. The van der Waals surface area contributed by atoms with E-state index in [1.165, 1.54) is 7.11 Å². The highest BCUT2D eigenvalue weighted by atomic mass is 32.2. The van der Waals surface area contributed by atoms with Gasteiger partial charge in [0, 0.05) is 23.9 Å². The van der Waals surface area contributed by atoms with E-state index in [9.17, 15) is 4.79 Å². The Hall–Kier alpha value is -0.480. The number of hydrogen-bond donors (Lipinski definition) is 1. The first-order chi connectivity index (χ1) is 7.11. The van der Waals surface area contributed by atoms with Crippen LogP contribution in [0.15, 0.2) is 11.6 Å². The van der Waals surface area contributed by atoms with Gasteiger partial charge in [-0.1, -0.05) is 13.0 Å². The smallest absolute Gasteiger partial charge is 0.333 e. The van der Waals surface area contributed by atoms with E-state index < -0.39 is 0 Å². The van der Waals surface area contributed by atoms with E-state index in [1.807, 2.05) is 17.8 Å². The van der Waals surface area contributed by atoms with Gasteiger partial charge in [0.2, 0.25) is 0 Å². The lowest BCUT2D eigenvalue weighted by atomic mass is 10.3. The lowest BCUT2D eigenvalue weighted by Gasteiger charge is -2.11. The Kier molecular flexibility index (Phi) is 8.52. The molecule has 0 aromatic heterocycles. The topological polar surface area (TPSA) is 38.3 Å². The minimum Gasteiger partial charge on any atom is -0.466 e. The number of ether oxygens (including phenoxy) is 1. The Morgan fingerprint density at radius 1 is 1.60 bits per heavy atom. The molecule has 3 nitrogen and oxygen atoms in total. The van der Waals surface area contributed by atoms with Gasteiger partial charge >= 0.3 is 5.97 Å². The number of hydrogen-bond acceptors (Lipinski definition) is 4. The van der Waals surface area contributed by atoms with Crippen molar-refractivity contribution in [2.45, 2.75) is 26.8 Å². The summed E-state index contributed by atoms with van der Waals surface area (Å²) in [5.74, 6) is 1.98. The lowest BCUT2D eigenvalue weighted by molar-refractivity contribution is -0.136. The van der Waals surface area contributed by atoms with Crippen molar-refractivity contribution in [1.29, 1.82) is 0 Å². The zero-order chi connectivity index (χ0) is 11.7. The fourth-order valence-corrected chi connectivity index (χ4v) is 1.72. The van der Waals surface area contributed by atoms with E-state index in [2.05, 4.69) is 23.9 Å². The zero-order valence-electron chi connectivity index (χ0n) is 10.0. The first kappa shape index (κ1) is 14.5. The van der Waals surface area contributed by atoms with Crippen molar-refractivity contribution in [3.05, 3.63) is 11.6 Å².